The average molecular weight is 479 g/mol. The monoisotopic (exact) mass is 478 g/mol. The number of nitrogens with one attached hydrogen (secondary N) is 1. The number of para-hydroxylation sites is 1. The summed E-state index contributed by atoms with van der Waals surface area (Å²) < 4.78 is 1.77. The highest BCUT2D eigenvalue weighted by atomic mass is 35.5. The second kappa shape index (κ2) is 8.39. The standard InChI is InChI=1S/C24H16Cl2N4OS/c1-14-22-17(24(31)28-19-12-15(25)9-10-18(19)26)13-20(21-8-5-11-32-21)27-23(22)30(29-14)16-6-3-2-4-7-16/h2-13H,1H3,(H,28,31). The van der Waals surface area contributed by atoms with E-state index in [2.05, 4.69) is 5.32 Å². The maximum atomic E-state index is 13.4. The molecule has 0 spiro atoms. The van der Waals surface area contributed by atoms with Crippen LogP contribution in [0, 0.1) is 6.92 Å². The highest BCUT2D eigenvalue weighted by molar-refractivity contribution is 7.13. The van der Waals surface area contributed by atoms with Gasteiger partial charge in [-0.05, 0) is 54.8 Å². The van der Waals surface area contributed by atoms with Gasteiger partial charge in [0.15, 0.2) is 5.65 Å². The van der Waals surface area contributed by atoms with Gasteiger partial charge in [0.05, 0.1) is 43.6 Å². The number of hydrogen-bond donors (Lipinski definition) is 1. The first-order chi connectivity index (χ1) is 15.5. The van der Waals surface area contributed by atoms with E-state index in [1.165, 1.54) is 0 Å². The molecule has 2 aromatic carbocycles. The van der Waals surface area contributed by atoms with Crippen LogP contribution in [-0.2, 0) is 0 Å². The minimum absolute atomic E-state index is 0.310. The molecule has 0 bridgehead atoms. The largest absolute Gasteiger partial charge is 0.321 e. The summed E-state index contributed by atoms with van der Waals surface area (Å²) in [6.45, 7) is 1.87. The van der Waals surface area contributed by atoms with Crippen molar-refractivity contribution < 1.29 is 4.79 Å². The van der Waals surface area contributed by atoms with Gasteiger partial charge >= 0.3 is 0 Å². The predicted molar refractivity (Wildman–Crippen MR) is 131 cm³/mol. The van der Waals surface area contributed by atoms with Gasteiger partial charge in [0.2, 0.25) is 0 Å². The molecule has 5 aromatic rings. The molecule has 0 atom stereocenters. The Kier molecular flexibility index (Phi) is 5.43. The van der Waals surface area contributed by atoms with E-state index in [0.29, 0.717) is 43.7 Å². The van der Waals surface area contributed by atoms with E-state index in [9.17, 15) is 4.79 Å². The molecule has 5 rings (SSSR count). The number of rotatable bonds is 4. The Balaban J connectivity index is 1.71. The Morgan fingerprint density at radius 1 is 1.03 bits per heavy atom. The minimum atomic E-state index is -0.310. The summed E-state index contributed by atoms with van der Waals surface area (Å²) in [5.74, 6) is -0.310. The van der Waals surface area contributed by atoms with Crippen LogP contribution in [0.15, 0.2) is 72.1 Å². The Bertz CT molecular complexity index is 1450. The normalized spacial score (nSPS) is 11.1. The number of carbonyl (C=O) groups excluding carboxylic acids is 1. The van der Waals surface area contributed by atoms with Gasteiger partial charge in [0, 0.05) is 5.02 Å². The third-order valence-corrected chi connectivity index (χ3v) is 6.47. The van der Waals surface area contributed by atoms with Crippen LogP contribution in [0.4, 0.5) is 5.69 Å². The number of pyridine rings is 1. The third kappa shape index (κ3) is 3.77. The Morgan fingerprint density at radius 2 is 1.84 bits per heavy atom. The molecule has 32 heavy (non-hydrogen) atoms. The summed E-state index contributed by atoms with van der Waals surface area (Å²) >= 11 is 13.9. The highest BCUT2D eigenvalue weighted by Gasteiger charge is 2.22. The lowest BCUT2D eigenvalue weighted by Gasteiger charge is -2.11. The first-order valence-corrected chi connectivity index (χ1v) is 11.4. The number of amides is 1. The quantitative estimate of drug-likeness (QED) is 0.302. The smallest absolute Gasteiger partial charge is 0.256 e. The number of benzene rings is 2. The van der Waals surface area contributed by atoms with Crippen molar-refractivity contribution in [3.63, 3.8) is 0 Å². The summed E-state index contributed by atoms with van der Waals surface area (Å²) in [6, 6.07) is 20.4. The zero-order valence-electron chi connectivity index (χ0n) is 16.8. The van der Waals surface area contributed by atoms with Gasteiger partial charge in [-0.1, -0.05) is 47.5 Å². The van der Waals surface area contributed by atoms with Crippen molar-refractivity contribution in [3.05, 3.63) is 93.4 Å². The lowest BCUT2D eigenvalue weighted by Crippen LogP contribution is -2.13. The van der Waals surface area contributed by atoms with E-state index in [4.69, 9.17) is 33.3 Å². The lowest BCUT2D eigenvalue weighted by molar-refractivity contribution is 0.102. The SMILES string of the molecule is Cc1nn(-c2ccccc2)c2nc(-c3cccs3)cc(C(=O)Nc3cc(Cl)ccc3Cl)c12. The summed E-state index contributed by atoms with van der Waals surface area (Å²) in [5, 5.41) is 11.1. The topological polar surface area (TPSA) is 59.8 Å². The Morgan fingerprint density at radius 3 is 2.59 bits per heavy atom. The van der Waals surface area contributed by atoms with Gasteiger partial charge in [-0.2, -0.15) is 5.10 Å². The van der Waals surface area contributed by atoms with Crippen molar-refractivity contribution in [3.8, 4) is 16.3 Å². The zero-order valence-corrected chi connectivity index (χ0v) is 19.2. The molecule has 0 aliphatic rings. The van der Waals surface area contributed by atoms with Crippen LogP contribution in [0.3, 0.4) is 0 Å². The van der Waals surface area contributed by atoms with Gasteiger partial charge in [-0.25, -0.2) is 9.67 Å². The summed E-state index contributed by atoms with van der Waals surface area (Å²) in [7, 11) is 0. The van der Waals surface area contributed by atoms with E-state index >= 15 is 0 Å². The van der Waals surface area contributed by atoms with Gasteiger partial charge < -0.3 is 5.32 Å². The molecule has 1 N–H and O–H groups in total. The number of aromatic nitrogens is 3. The van der Waals surface area contributed by atoms with Crippen molar-refractivity contribution in [1.82, 2.24) is 14.8 Å². The molecule has 0 saturated heterocycles. The summed E-state index contributed by atoms with van der Waals surface area (Å²) in [6.07, 6.45) is 0. The van der Waals surface area contributed by atoms with Crippen LogP contribution < -0.4 is 5.32 Å². The number of fused-ring (bicyclic) bond motifs is 1. The molecule has 1 amide bonds. The molecule has 0 aliphatic heterocycles. The fraction of sp³-hybridized carbons (Fsp3) is 0.0417. The first-order valence-electron chi connectivity index (χ1n) is 9.77. The Labute approximate surface area is 198 Å². The van der Waals surface area contributed by atoms with Crippen LogP contribution >= 0.6 is 34.5 Å². The van der Waals surface area contributed by atoms with Crippen molar-refractivity contribution in [2.24, 2.45) is 0 Å². The van der Waals surface area contributed by atoms with Gasteiger partial charge in [-0.3, -0.25) is 4.79 Å². The molecule has 0 saturated carbocycles. The molecule has 158 valence electrons. The van der Waals surface area contributed by atoms with Gasteiger partial charge in [0.1, 0.15) is 0 Å². The zero-order chi connectivity index (χ0) is 22.2. The molecule has 5 nitrogen and oxygen atoms in total. The van der Waals surface area contributed by atoms with Crippen LogP contribution in [-0.4, -0.2) is 20.7 Å². The molecular weight excluding hydrogens is 463 g/mol. The van der Waals surface area contributed by atoms with E-state index in [1.807, 2.05) is 54.8 Å². The third-order valence-electron chi connectivity index (χ3n) is 5.01. The predicted octanol–water partition coefficient (Wildman–Crippen LogP) is 7.02. The number of thiophene rings is 1. The average Bonchev–Trinajstić information content (AvgIpc) is 3.45. The second-order valence-electron chi connectivity index (χ2n) is 7.14. The molecule has 3 aromatic heterocycles. The molecule has 0 aliphatic carbocycles. The van der Waals surface area contributed by atoms with Crippen LogP contribution in [0.5, 0.6) is 0 Å². The summed E-state index contributed by atoms with van der Waals surface area (Å²) in [4.78, 5) is 19.3. The molecular formula is C24H16Cl2N4OS. The van der Waals surface area contributed by atoms with Crippen LogP contribution in [0.1, 0.15) is 16.1 Å². The number of nitrogens with zero attached hydrogens (tertiary/aromatic N) is 3. The molecule has 3 heterocycles. The van der Waals surface area contributed by atoms with Crippen molar-refractivity contribution in [2.75, 3.05) is 5.32 Å². The van der Waals surface area contributed by atoms with E-state index < -0.39 is 0 Å². The summed E-state index contributed by atoms with van der Waals surface area (Å²) in [5.41, 5.74) is 3.80. The molecule has 8 heteroatoms. The number of hydrogen-bond acceptors (Lipinski definition) is 4. The maximum Gasteiger partial charge on any atom is 0.256 e. The highest BCUT2D eigenvalue weighted by Crippen LogP contribution is 2.32. The first kappa shape index (κ1) is 20.7. The minimum Gasteiger partial charge on any atom is -0.321 e. The van der Waals surface area contributed by atoms with Crippen LogP contribution in [0.2, 0.25) is 10.0 Å². The maximum absolute atomic E-state index is 13.4. The van der Waals surface area contributed by atoms with E-state index in [1.54, 1.807) is 40.3 Å². The van der Waals surface area contributed by atoms with Gasteiger partial charge in [0.25, 0.3) is 5.91 Å². The van der Waals surface area contributed by atoms with Crippen molar-refractivity contribution >= 4 is 57.2 Å². The second-order valence-corrected chi connectivity index (χ2v) is 8.93. The fourth-order valence-electron chi connectivity index (χ4n) is 3.55. The molecule has 0 radical (unpaired) electrons. The number of halogens is 2. The molecule has 0 unspecified atom stereocenters. The van der Waals surface area contributed by atoms with Crippen molar-refractivity contribution in [1.29, 1.82) is 0 Å². The number of carbonyl (C=O) groups is 1. The fourth-order valence-corrected chi connectivity index (χ4v) is 4.57. The van der Waals surface area contributed by atoms with Crippen molar-refractivity contribution in [2.45, 2.75) is 6.92 Å². The van der Waals surface area contributed by atoms with Crippen LogP contribution in [0.25, 0.3) is 27.3 Å². The lowest BCUT2D eigenvalue weighted by atomic mass is 10.1. The molecule has 0 fully saturated rings. The number of anilines is 1. The van der Waals surface area contributed by atoms with E-state index in [0.717, 1.165) is 10.6 Å². The van der Waals surface area contributed by atoms with Gasteiger partial charge in [-0.15, -0.1) is 11.3 Å². The number of aryl methyl sites for hydroxylation is 1. The Hall–Kier alpha value is -3.19. The van der Waals surface area contributed by atoms with E-state index in [-0.39, 0.29) is 5.91 Å².